The molecule has 4 rings (SSSR count). The lowest BCUT2D eigenvalue weighted by molar-refractivity contribution is 0.110. The van der Waals surface area contributed by atoms with E-state index in [0.717, 1.165) is 61.8 Å². The van der Waals surface area contributed by atoms with Crippen LogP contribution in [0.25, 0.3) is 11.0 Å². The number of ether oxygens (including phenoxy) is 1. The molecule has 0 saturated carbocycles. The molecule has 1 aliphatic heterocycles. The standard InChI is InChI=1S/C18H21NO4.ClH/c20-16-7-6-13-12-4-1-5-14(12)18(21)23-17(13)15(16)10-19-9-11-3-2-8-22-11;/h6-7,11,19-20H,1-5,8-10H2;1H. The second-order valence-corrected chi connectivity index (χ2v) is 6.41. The van der Waals surface area contributed by atoms with E-state index in [-0.39, 0.29) is 29.9 Å². The molecule has 2 heterocycles. The highest BCUT2D eigenvalue weighted by Crippen LogP contribution is 2.32. The quantitative estimate of drug-likeness (QED) is 0.829. The van der Waals surface area contributed by atoms with Crippen LogP contribution in [-0.2, 0) is 24.1 Å². The Balaban J connectivity index is 0.00000169. The summed E-state index contributed by atoms with van der Waals surface area (Å²) in [7, 11) is 0. The molecule has 1 fully saturated rings. The fourth-order valence-corrected chi connectivity index (χ4v) is 3.73. The molecule has 1 aliphatic carbocycles. The molecule has 2 aliphatic rings. The van der Waals surface area contributed by atoms with Crippen LogP contribution in [0.4, 0.5) is 0 Å². The first-order chi connectivity index (χ1) is 11.2. The van der Waals surface area contributed by atoms with Crippen molar-refractivity contribution in [3.05, 3.63) is 39.2 Å². The van der Waals surface area contributed by atoms with Crippen molar-refractivity contribution < 1.29 is 14.3 Å². The molecule has 0 bridgehead atoms. The maximum absolute atomic E-state index is 12.2. The second kappa shape index (κ2) is 7.13. The van der Waals surface area contributed by atoms with Gasteiger partial charge in [-0.2, -0.15) is 0 Å². The number of hydrogen-bond donors (Lipinski definition) is 2. The minimum Gasteiger partial charge on any atom is -0.507 e. The van der Waals surface area contributed by atoms with Gasteiger partial charge >= 0.3 is 5.63 Å². The average molecular weight is 352 g/mol. The largest absolute Gasteiger partial charge is 0.507 e. The molecule has 0 radical (unpaired) electrons. The first kappa shape index (κ1) is 17.3. The zero-order chi connectivity index (χ0) is 15.8. The molecule has 2 aromatic rings. The van der Waals surface area contributed by atoms with Crippen molar-refractivity contribution in [2.45, 2.75) is 44.8 Å². The van der Waals surface area contributed by atoms with Crippen LogP contribution in [0.15, 0.2) is 21.3 Å². The predicted molar refractivity (Wildman–Crippen MR) is 94.1 cm³/mol. The van der Waals surface area contributed by atoms with Gasteiger partial charge in [-0.3, -0.25) is 0 Å². The molecule has 0 spiro atoms. The van der Waals surface area contributed by atoms with Crippen LogP contribution in [0.2, 0.25) is 0 Å². The predicted octanol–water partition coefficient (Wildman–Crippen LogP) is 2.68. The number of aromatic hydroxyl groups is 1. The van der Waals surface area contributed by atoms with Crippen LogP contribution in [0.5, 0.6) is 5.75 Å². The fourth-order valence-electron chi connectivity index (χ4n) is 3.73. The summed E-state index contributed by atoms with van der Waals surface area (Å²) in [5, 5.41) is 14.5. The minimum absolute atomic E-state index is 0. The molecule has 1 atom stereocenters. The van der Waals surface area contributed by atoms with E-state index in [1.165, 1.54) is 0 Å². The number of benzene rings is 1. The van der Waals surface area contributed by atoms with E-state index in [0.29, 0.717) is 17.7 Å². The molecule has 2 N–H and O–H groups in total. The summed E-state index contributed by atoms with van der Waals surface area (Å²) in [5.74, 6) is 0.165. The summed E-state index contributed by atoms with van der Waals surface area (Å²) in [6, 6.07) is 3.56. The lowest BCUT2D eigenvalue weighted by Crippen LogP contribution is -2.26. The lowest BCUT2D eigenvalue weighted by Gasteiger charge is -2.13. The van der Waals surface area contributed by atoms with E-state index in [9.17, 15) is 9.90 Å². The van der Waals surface area contributed by atoms with Crippen LogP contribution in [0, 0.1) is 0 Å². The molecule has 1 saturated heterocycles. The summed E-state index contributed by atoms with van der Waals surface area (Å²) in [6.07, 6.45) is 5.10. The summed E-state index contributed by atoms with van der Waals surface area (Å²) in [5.41, 5.74) is 2.83. The van der Waals surface area contributed by atoms with E-state index in [1.54, 1.807) is 6.07 Å². The number of phenolic OH excluding ortho intramolecular Hbond substituents is 1. The molecular weight excluding hydrogens is 330 g/mol. The maximum Gasteiger partial charge on any atom is 0.339 e. The lowest BCUT2D eigenvalue weighted by atomic mass is 10.0. The van der Waals surface area contributed by atoms with Gasteiger partial charge in [-0.05, 0) is 49.8 Å². The Bertz CT molecular complexity index is 796. The van der Waals surface area contributed by atoms with Crippen LogP contribution in [0.1, 0.15) is 36.0 Å². The maximum atomic E-state index is 12.2. The van der Waals surface area contributed by atoms with E-state index in [1.807, 2.05) is 6.07 Å². The zero-order valence-corrected chi connectivity index (χ0v) is 14.3. The average Bonchev–Trinajstić information content (AvgIpc) is 3.21. The molecule has 1 aromatic carbocycles. The van der Waals surface area contributed by atoms with E-state index in [4.69, 9.17) is 9.15 Å². The summed E-state index contributed by atoms with van der Waals surface area (Å²) in [4.78, 5) is 12.2. The Labute approximate surface area is 146 Å². The number of fused-ring (bicyclic) bond motifs is 3. The van der Waals surface area contributed by atoms with Gasteiger partial charge in [-0.15, -0.1) is 12.4 Å². The summed E-state index contributed by atoms with van der Waals surface area (Å²) >= 11 is 0. The number of rotatable bonds is 4. The van der Waals surface area contributed by atoms with Gasteiger partial charge in [0, 0.05) is 30.6 Å². The minimum atomic E-state index is -0.254. The van der Waals surface area contributed by atoms with Gasteiger partial charge in [-0.1, -0.05) is 0 Å². The Morgan fingerprint density at radius 1 is 1.21 bits per heavy atom. The Hall–Kier alpha value is -1.56. The third-order valence-electron chi connectivity index (χ3n) is 4.92. The van der Waals surface area contributed by atoms with Crippen LogP contribution < -0.4 is 10.9 Å². The Morgan fingerprint density at radius 2 is 2.04 bits per heavy atom. The Kier molecular flexibility index (Phi) is 5.13. The molecular formula is C18H22ClNO4. The van der Waals surface area contributed by atoms with E-state index < -0.39 is 0 Å². The van der Waals surface area contributed by atoms with Crippen LogP contribution in [-0.4, -0.2) is 24.4 Å². The van der Waals surface area contributed by atoms with Crippen molar-refractivity contribution in [3.63, 3.8) is 0 Å². The number of phenols is 1. The topological polar surface area (TPSA) is 71.7 Å². The third-order valence-corrected chi connectivity index (χ3v) is 4.92. The molecule has 1 aromatic heterocycles. The number of hydrogen-bond acceptors (Lipinski definition) is 5. The molecule has 6 heteroatoms. The van der Waals surface area contributed by atoms with Crippen molar-refractivity contribution in [1.82, 2.24) is 5.32 Å². The smallest absolute Gasteiger partial charge is 0.339 e. The molecule has 1 unspecified atom stereocenters. The number of halogens is 1. The van der Waals surface area contributed by atoms with Crippen molar-refractivity contribution >= 4 is 23.4 Å². The zero-order valence-electron chi connectivity index (χ0n) is 13.5. The molecule has 5 nitrogen and oxygen atoms in total. The van der Waals surface area contributed by atoms with Gasteiger partial charge in [0.1, 0.15) is 11.3 Å². The SMILES string of the molecule is Cl.O=c1oc2c(CNCC3CCCO3)c(O)ccc2c2c1CCC2. The molecule has 130 valence electrons. The fraction of sp³-hybridized carbons (Fsp3) is 0.500. The van der Waals surface area contributed by atoms with Crippen molar-refractivity contribution in [3.8, 4) is 5.75 Å². The number of nitrogens with one attached hydrogen (secondary N) is 1. The summed E-state index contributed by atoms with van der Waals surface area (Å²) < 4.78 is 11.1. The van der Waals surface area contributed by atoms with Gasteiger partial charge in [0.25, 0.3) is 0 Å². The molecule has 24 heavy (non-hydrogen) atoms. The first-order valence-electron chi connectivity index (χ1n) is 8.36. The van der Waals surface area contributed by atoms with Gasteiger partial charge in [-0.25, -0.2) is 4.79 Å². The monoisotopic (exact) mass is 351 g/mol. The van der Waals surface area contributed by atoms with Gasteiger partial charge in [0.05, 0.1) is 11.7 Å². The second-order valence-electron chi connectivity index (χ2n) is 6.41. The highest BCUT2D eigenvalue weighted by atomic mass is 35.5. The van der Waals surface area contributed by atoms with Gasteiger partial charge in [0.15, 0.2) is 0 Å². The number of aryl methyl sites for hydroxylation is 1. The normalized spacial score (nSPS) is 19.4. The highest BCUT2D eigenvalue weighted by Gasteiger charge is 2.22. The highest BCUT2D eigenvalue weighted by molar-refractivity contribution is 5.86. The third kappa shape index (κ3) is 3.04. The van der Waals surface area contributed by atoms with Crippen LogP contribution >= 0.6 is 12.4 Å². The summed E-state index contributed by atoms with van der Waals surface area (Å²) in [6.45, 7) is 2.03. The Morgan fingerprint density at radius 3 is 2.83 bits per heavy atom. The molecule has 0 amide bonds. The van der Waals surface area contributed by atoms with Crippen molar-refractivity contribution in [2.75, 3.05) is 13.2 Å². The van der Waals surface area contributed by atoms with Crippen LogP contribution in [0.3, 0.4) is 0 Å². The van der Waals surface area contributed by atoms with E-state index in [2.05, 4.69) is 5.32 Å². The van der Waals surface area contributed by atoms with Gasteiger partial charge < -0.3 is 19.6 Å². The van der Waals surface area contributed by atoms with E-state index >= 15 is 0 Å². The van der Waals surface area contributed by atoms with Crippen molar-refractivity contribution in [1.29, 1.82) is 0 Å². The van der Waals surface area contributed by atoms with Gasteiger partial charge in [0.2, 0.25) is 0 Å². The first-order valence-corrected chi connectivity index (χ1v) is 8.36. The van der Waals surface area contributed by atoms with Crippen molar-refractivity contribution in [2.24, 2.45) is 0 Å².